The molecule has 6 nitrogen and oxygen atoms in total. The van der Waals surface area contributed by atoms with Gasteiger partial charge in [-0.3, -0.25) is 9.59 Å². The minimum absolute atomic E-state index is 0.0807. The van der Waals surface area contributed by atoms with E-state index in [9.17, 15) is 9.59 Å². The number of hydrogen-bond acceptors (Lipinski definition) is 4. The van der Waals surface area contributed by atoms with Crippen LogP contribution in [-0.4, -0.2) is 42.0 Å². The molecule has 0 bridgehead atoms. The third kappa shape index (κ3) is 8.54. The van der Waals surface area contributed by atoms with E-state index < -0.39 is 6.04 Å². The van der Waals surface area contributed by atoms with Crippen molar-refractivity contribution in [1.29, 1.82) is 0 Å². The highest BCUT2D eigenvalue weighted by Gasteiger charge is 2.28. The molecule has 7 heteroatoms. The van der Waals surface area contributed by atoms with Gasteiger partial charge in [-0.05, 0) is 76.1 Å². The number of nitrogens with zero attached hydrogens (tertiary/aromatic N) is 1. The summed E-state index contributed by atoms with van der Waals surface area (Å²) in [4.78, 5) is 27.5. The molecule has 1 atom stereocenters. The number of halogens is 1. The molecule has 0 saturated carbocycles. The SMILES string of the molecule is COc1ccc(OCCCC(=O)N(Cc2ccc(Br)cc2)[C@H](C)C(=O)NC(C)(C)C)cc1. The van der Waals surface area contributed by atoms with Gasteiger partial charge in [-0.1, -0.05) is 28.1 Å². The highest BCUT2D eigenvalue weighted by Crippen LogP contribution is 2.18. The molecule has 0 radical (unpaired) electrons. The van der Waals surface area contributed by atoms with Gasteiger partial charge in [0.25, 0.3) is 0 Å². The van der Waals surface area contributed by atoms with Crippen LogP contribution < -0.4 is 14.8 Å². The summed E-state index contributed by atoms with van der Waals surface area (Å²) in [5.74, 6) is 1.24. The second-order valence-electron chi connectivity index (χ2n) is 8.69. The largest absolute Gasteiger partial charge is 0.497 e. The van der Waals surface area contributed by atoms with Crippen LogP contribution in [0.15, 0.2) is 53.0 Å². The van der Waals surface area contributed by atoms with Crippen LogP contribution in [-0.2, 0) is 16.1 Å². The maximum Gasteiger partial charge on any atom is 0.242 e. The Morgan fingerprint density at radius 1 is 1.03 bits per heavy atom. The van der Waals surface area contributed by atoms with Crippen LogP contribution >= 0.6 is 15.9 Å². The molecule has 0 aliphatic heterocycles. The Hall–Kier alpha value is -2.54. The van der Waals surface area contributed by atoms with Crippen LogP contribution in [0.4, 0.5) is 0 Å². The van der Waals surface area contributed by atoms with Crippen molar-refractivity contribution in [2.75, 3.05) is 13.7 Å². The Kier molecular flexibility index (Phi) is 9.57. The van der Waals surface area contributed by atoms with Crippen molar-refractivity contribution < 1.29 is 19.1 Å². The Morgan fingerprint density at radius 2 is 1.62 bits per heavy atom. The van der Waals surface area contributed by atoms with Gasteiger partial charge >= 0.3 is 0 Å². The average molecular weight is 505 g/mol. The van der Waals surface area contributed by atoms with E-state index in [0.29, 0.717) is 26.0 Å². The first-order valence-corrected chi connectivity index (χ1v) is 11.5. The first-order valence-electron chi connectivity index (χ1n) is 10.7. The van der Waals surface area contributed by atoms with Gasteiger partial charge in [0.2, 0.25) is 11.8 Å². The predicted molar refractivity (Wildman–Crippen MR) is 130 cm³/mol. The van der Waals surface area contributed by atoms with E-state index in [1.807, 2.05) is 69.3 Å². The first-order chi connectivity index (χ1) is 15.1. The lowest BCUT2D eigenvalue weighted by molar-refractivity contribution is -0.141. The lowest BCUT2D eigenvalue weighted by atomic mass is 10.1. The quantitative estimate of drug-likeness (QED) is 0.464. The number of ether oxygens (including phenoxy) is 2. The Morgan fingerprint density at radius 3 is 2.19 bits per heavy atom. The van der Waals surface area contributed by atoms with Gasteiger partial charge < -0.3 is 19.7 Å². The van der Waals surface area contributed by atoms with E-state index >= 15 is 0 Å². The van der Waals surface area contributed by atoms with Gasteiger partial charge in [-0.25, -0.2) is 0 Å². The number of carbonyl (C=O) groups excluding carboxylic acids is 2. The zero-order valence-electron chi connectivity index (χ0n) is 19.5. The second kappa shape index (κ2) is 11.9. The number of amides is 2. The van der Waals surface area contributed by atoms with E-state index in [2.05, 4.69) is 21.2 Å². The molecule has 0 aromatic heterocycles. The third-order valence-electron chi connectivity index (χ3n) is 4.79. The molecule has 0 fully saturated rings. The molecule has 2 rings (SSSR count). The molecule has 2 amide bonds. The zero-order chi connectivity index (χ0) is 23.7. The van der Waals surface area contributed by atoms with Gasteiger partial charge in [-0.15, -0.1) is 0 Å². The average Bonchev–Trinajstić information content (AvgIpc) is 2.75. The number of rotatable bonds is 10. The fourth-order valence-corrected chi connectivity index (χ4v) is 3.34. The van der Waals surface area contributed by atoms with Crippen molar-refractivity contribution in [2.24, 2.45) is 0 Å². The molecular formula is C25H33BrN2O4. The summed E-state index contributed by atoms with van der Waals surface area (Å²) in [6.45, 7) is 8.32. The fraction of sp³-hybridized carbons (Fsp3) is 0.440. The summed E-state index contributed by atoms with van der Waals surface area (Å²) in [5, 5.41) is 2.97. The van der Waals surface area contributed by atoms with Gasteiger partial charge in [0, 0.05) is 23.0 Å². The summed E-state index contributed by atoms with van der Waals surface area (Å²) in [5.41, 5.74) is 0.593. The maximum absolute atomic E-state index is 13.1. The molecule has 2 aromatic carbocycles. The smallest absolute Gasteiger partial charge is 0.242 e. The van der Waals surface area contributed by atoms with Crippen molar-refractivity contribution >= 4 is 27.7 Å². The Labute approximate surface area is 199 Å². The number of carbonyl (C=O) groups is 2. The molecule has 0 aliphatic carbocycles. The molecule has 0 saturated heterocycles. The van der Waals surface area contributed by atoms with Gasteiger partial charge in [-0.2, -0.15) is 0 Å². The molecule has 174 valence electrons. The molecule has 2 aromatic rings. The van der Waals surface area contributed by atoms with E-state index in [-0.39, 0.29) is 17.4 Å². The summed E-state index contributed by atoms with van der Waals surface area (Å²) in [6.07, 6.45) is 0.842. The highest BCUT2D eigenvalue weighted by atomic mass is 79.9. The minimum atomic E-state index is -0.590. The number of methoxy groups -OCH3 is 1. The van der Waals surface area contributed by atoms with Crippen LogP contribution in [0.25, 0.3) is 0 Å². The number of benzene rings is 2. The second-order valence-corrected chi connectivity index (χ2v) is 9.61. The highest BCUT2D eigenvalue weighted by molar-refractivity contribution is 9.10. The number of hydrogen-bond donors (Lipinski definition) is 1. The van der Waals surface area contributed by atoms with Crippen LogP contribution in [0.2, 0.25) is 0 Å². The van der Waals surface area contributed by atoms with Crippen LogP contribution in [0.1, 0.15) is 46.1 Å². The number of nitrogens with one attached hydrogen (secondary N) is 1. The molecule has 0 aliphatic rings. The topological polar surface area (TPSA) is 67.9 Å². The van der Waals surface area contributed by atoms with Crippen molar-refractivity contribution in [1.82, 2.24) is 10.2 Å². The molecule has 0 unspecified atom stereocenters. The van der Waals surface area contributed by atoms with E-state index in [0.717, 1.165) is 21.5 Å². The predicted octanol–water partition coefficient (Wildman–Crippen LogP) is 4.95. The van der Waals surface area contributed by atoms with Crippen molar-refractivity contribution in [2.45, 2.75) is 58.7 Å². The fourth-order valence-electron chi connectivity index (χ4n) is 3.07. The normalized spacial score (nSPS) is 12.1. The zero-order valence-corrected chi connectivity index (χ0v) is 21.1. The first kappa shape index (κ1) is 25.7. The lowest BCUT2D eigenvalue weighted by Crippen LogP contribution is -2.52. The molecule has 0 spiro atoms. The summed E-state index contributed by atoms with van der Waals surface area (Å²) < 4.78 is 11.8. The molecular weight excluding hydrogens is 472 g/mol. The van der Waals surface area contributed by atoms with E-state index in [1.165, 1.54) is 0 Å². The third-order valence-corrected chi connectivity index (χ3v) is 5.32. The Balaban J connectivity index is 1.99. The van der Waals surface area contributed by atoms with Crippen LogP contribution in [0.3, 0.4) is 0 Å². The monoisotopic (exact) mass is 504 g/mol. The molecule has 0 heterocycles. The summed E-state index contributed by atoms with van der Waals surface area (Å²) in [6, 6.07) is 14.5. The molecule has 32 heavy (non-hydrogen) atoms. The van der Waals surface area contributed by atoms with Gasteiger partial charge in [0.1, 0.15) is 17.5 Å². The lowest BCUT2D eigenvalue weighted by Gasteiger charge is -2.31. The van der Waals surface area contributed by atoms with E-state index in [1.54, 1.807) is 18.9 Å². The van der Waals surface area contributed by atoms with Gasteiger partial charge in [0.15, 0.2) is 0 Å². The standard InChI is InChI=1S/C25H33BrN2O4/c1-18(24(30)27-25(2,3)4)28(17-19-8-10-20(26)11-9-19)23(29)7-6-16-32-22-14-12-21(31-5)13-15-22/h8-15,18H,6-7,16-17H2,1-5H3,(H,27,30)/t18-/m1/s1. The van der Waals surface area contributed by atoms with Crippen LogP contribution in [0, 0.1) is 0 Å². The summed E-state index contributed by atoms with van der Waals surface area (Å²) in [7, 11) is 1.62. The summed E-state index contributed by atoms with van der Waals surface area (Å²) >= 11 is 3.43. The Bertz CT molecular complexity index is 876. The van der Waals surface area contributed by atoms with Crippen molar-refractivity contribution in [3.05, 3.63) is 58.6 Å². The maximum atomic E-state index is 13.1. The van der Waals surface area contributed by atoms with Crippen molar-refractivity contribution in [3.63, 3.8) is 0 Å². The van der Waals surface area contributed by atoms with Gasteiger partial charge in [0.05, 0.1) is 13.7 Å². The van der Waals surface area contributed by atoms with Crippen LogP contribution in [0.5, 0.6) is 11.5 Å². The molecule has 1 N–H and O–H groups in total. The van der Waals surface area contributed by atoms with Crippen molar-refractivity contribution in [3.8, 4) is 11.5 Å². The van der Waals surface area contributed by atoms with E-state index in [4.69, 9.17) is 9.47 Å². The minimum Gasteiger partial charge on any atom is -0.497 e.